The van der Waals surface area contributed by atoms with Crippen LogP contribution in [0.4, 0.5) is 17.3 Å². The lowest BCUT2D eigenvalue weighted by atomic mass is 10.1. The first-order chi connectivity index (χ1) is 13.6. The fourth-order valence-corrected chi connectivity index (χ4v) is 4.53. The Bertz CT molecular complexity index is 1200. The number of sulfonamides is 1. The first kappa shape index (κ1) is 19.7. The van der Waals surface area contributed by atoms with Gasteiger partial charge in [0.25, 0.3) is 15.9 Å². The van der Waals surface area contributed by atoms with Gasteiger partial charge in [-0.25, -0.2) is 23.4 Å². The fourth-order valence-electron chi connectivity index (χ4n) is 3.33. The van der Waals surface area contributed by atoms with Gasteiger partial charge < -0.3 is 5.73 Å². The number of halogens is 2. The molecule has 2 heterocycles. The number of hydrogen-bond donors (Lipinski definition) is 2. The largest absolute Gasteiger partial charge is 0.399 e. The number of primary sulfonamides is 1. The Morgan fingerprint density at radius 1 is 1.07 bits per heavy atom. The van der Waals surface area contributed by atoms with Crippen LogP contribution in [0.2, 0.25) is 10.0 Å². The van der Waals surface area contributed by atoms with Gasteiger partial charge in [0.2, 0.25) is 5.95 Å². The van der Waals surface area contributed by atoms with Crippen molar-refractivity contribution < 1.29 is 13.2 Å². The molecule has 1 aliphatic heterocycles. The van der Waals surface area contributed by atoms with E-state index in [9.17, 15) is 13.2 Å². The average molecular weight is 452 g/mol. The molecule has 0 bridgehead atoms. The van der Waals surface area contributed by atoms with Crippen LogP contribution in [0.5, 0.6) is 0 Å². The first-order valence-corrected chi connectivity index (χ1v) is 10.7. The molecule has 29 heavy (non-hydrogen) atoms. The summed E-state index contributed by atoms with van der Waals surface area (Å²) in [6.07, 6.45) is 1.35. The van der Waals surface area contributed by atoms with Crippen LogP contribution in [0.1, 0.15) is 11.6 Å². The molecular weight excluding hydrogens is 437 g/mol. The number of nitrogen functional groups attached to an aromatic ring is 1. The second-order valence-electron chi connectivity index (χ2n) is 6.57. The molecule has 0 aliphatic carbocycles. The van der Waals surface area contributed by atoms with Gasteiger partial charge in [0, 0.05) is 22.2 Å². The molecule has 150 valence electrons. The summed E-state index contributed by atoms with van der Waals surface area (Å²) in [5.41, 5.74) is 7.47. The van der Waals surface area contributed by atoms with Crippen LogP contribution in [0.15, 0.2) is 53.7 Å². The Morgan fingerprint density at radius 2 is 1.69 bits per heavy atom. The third-order valence-corrected chi connectivity index (χ3v) is 5.89. The van der Waals surface area contributed by atoms with Crippen molar-refractivity contribution in [3.05, 3.63) is 64.3 Å². The number of benzene rings is 2. The Hall–Kier alpha value is -2.59. The molecule has 1 amide bonds. The number of nitrogens with zero attached hydrogens (tertiary/aromatic N) is 3. The molecule has 0 unspecified atom stereocenters. The molecule has 3 aromatic rings. The summed E-state index contributed by atoms with van der Waals surface area (Å²) >= 11 is 12.2. The Morgan fingerprint density at radius 3 is 2.28 bits per heavy atom. The highest BCUT2D eigenvalue weighted by atomic mass is 35.5. The molecule has 0 radical (unpaired) electrons. The number of hydrogen-bond acceptors (Lipinski definition) is 5. The highest BCUT2D eigenvalue weighted by Gasteiger charge is 2.42. The van der Waals surface area contributed by atoms with Crippen molar-refractivity contribution in [2.45, 2.75) is 17.5 Å². The van der Waals surface area contributed by atoms with Crippen LogP contribution in [0.3, 0.4) is 0 Å². The van der Waals surface area contributed by atoms with Crippen LogP contribution in [0.25, 0.3) is 0 Å². The van der Waals surface area contributed by atoms with Crippen molar-refractivity contribution in [2.75, 3.05) is 10.6 Å². The van der Waals surface area contributed by atoms with Crippen LogP contribution < -0.4 is 15.8 Å². The second kappa shape index (κ2) is 7.03. The Balaban J connectivity index is 1.86. The van der Waals surface area contributed by atoms with Crippen LogP contribution in [0, 0.1) is 0 Å². The number of carbonyl (C=O) groups excluding carboxylic acids is 1. The van der Waals surface area contributed by atoms with Gasteiger partial charge in [0.05, 0.1) is 11.9 Å². The van der Waals surface area contributed by atoms with E-state index in [4.69, 9.17) is 34.1 Å². The number of fused-ring (bicyclic) bond motifs is 1. The summed E-state index contributed by atoms with van der Waals surface area (Å²) in [6, 6.07) is 10.7. The minimum absolute atomic E-state index is 0.123. The summed E-state index contributed by atoms with van der Waals surface area (Å²) in [5.74, 6) is -0.258. The van der Waals surface area contributed by atoms with Crippen molar-refractivity contribution in [3.63, 3.8) is 0 Å². The highest BCUT2D eigenvalue weighted by molar-refractivity contribution is 7.89. The molecule has 4 rings (SSSR count). The number of aromatic nitrogens is 2. The average Bonchev–Trinajstić information content (AvgIpc) is 3.15. The number of carbonyl (C=O) groups is 1. The lowest BCUT2D eigenvalue weighted by Gasteiger charge is -2.16. The molecule has 0 saturated carbocycles. The van der Waals surface area contributed by atoms with E-state index in [-0.39, 0.29) is 23.3 Å². The molecule has 1 aromatic heterocycles. The predicted octanol–water partition coefficient (Wildman–Crippen LogP) is 2.88. The fraction of sp³-hybridized carbons (Fsp3) is 0.111. The van der Waals surface area contributed by atoms with Gasteiger partial charge in [0.15, 0.2) is 5.03 Å². The molecule has 11 heteroatoms. The zero-order valence-corrected chi connectivity index (χ0v) is 17.1. The van der Waals surface area contributed by atoms with E-state index in [0.717, 1.165) is 11.8 Å². The summed E-state index contributed by atoms with van der Waals surface area (Å²) in [4.78, 5) is 18.7. The van der Waals surface area contributed by atoms with Gasteiger partial charge in [-0.2, -0.15) is 0 Å². The lowest BCUT2D eigenvalue weighted by Crippen LogP contribution is -2.27. The van der Waals surface area contributed by atoms with Crippen LogP contribution in [-0.2, 0) is 21.2 Å². The maximum Gasteiger partial charge on any atom is 0.257 e. The van der Waals surface area contributed by atoms with E-state index >= 15 is 0 Å². The summed E-state index contributed by atoms with van der Waals surface area (Å²) in [7, 11) is -4.11. The number of imidazole rings is 1. The number of anilines is 3. The molecule has 1 atom stereocenters. The van der Waals surface area contributed by atoms with Gasteiger partial charge in [-0.3, -0.25) is 9.36 Å². The van der Waals surface area contributed by atoms with E-state index in [1.165, 1.54) is 15.5 Å². The van der Waals surface area contributed by atoms with E-state index < -0.39 is 16.1 Å². The molecule has 0 saturated heterocycles. The summed E-state index contributed by atoms with van der Waals surface area (Å²) < 4.78 is 25.5. The van der Waals surface area contributed by atoms with Gasteiger partial charge in [-0.05, 0) is 35.9 Å². The maximum atomic E-state index is 13.3. The van der Waals surface area contributed by atoms with Crippen LogP contribution in [-0.4, -0.2) is 23.9 Å². The molecule has 4 N–H and O–H groups in total. The predicted molar refractivity (Wildman–Crippen MR) is 111 cm³/mol. The Labute approximate surface area is 176 Å². The number of rotatable bonds is 4. The minimum atomic E-state index is -4.11. The molecule has 2 aromatic carbocycles. The molecule has 1 aliphatic rings. The third kappa shape index (κ3) is 3.58. The van der Waals surface area contributed by atoms with Gasteiger partial charge in [0.1, 0.15) is 6.04 Å². The molecule has 0 spiro atoms. The molecule has 8 nitrogen and oxygen atoms in total. The lowest BCUT2D eigenvalue weighted by molar-refractivity contribution is -0.119. The van der Waals surface area contributed by atoms with Crippen molar-refractivity contribution in [1.29, 1.82) is 0 Å². The smallest absolute Gasteiger partial charge is 0.257 e. The quantitative estimate of drug-likeness (QED) is 0.589. The van der Waals surface area contributed by atoms with E-state index in [0.29, 0.717) is 21.4 Å². The standard InChI is InChI=1S/C18H15Cl2N5O3S/c19-11-6-12(20)8-14(7-11)24-17(26)15(5-10-1-3-13(21)4-2-10)25-16(29(22,27)28)9-23-18(24)25/h1-4,6-9,15H,5,21H2,(H2,22,27,28)/t15-/m1/s1. The zero-order chi connectivity index (χ0) is 20.9. The number of amides is 1. The highest BCUT2D eigenvalue weighted by Crippen LogP contribution is 2.40. The van der Waals surface area contributed by atoms with Crippen molar-refractivity contribution >= 4 is 56.5 Å². The van der Waals surface area contributed by atoms with E-state index in [2.05, 4.69) is 4.98 Å². The van der Waals surface area contributed by atoms with E-state index in [1.807, 2.05) is 0 Å². The summed E-state index contributed by atoms with van der Waals surface area (Å²) in [5, 5.41) is 5.75. The van der Waals surface area contributed by atoms with Gasteiger partial charge in [-0.15, -0.1) is 0 Å². The normalized spacial score (nSPS) is 16.3. The molecule has 0 fully saturated rings. The Kier molecular flexibility index (Phi) is 4.78. The SMILES string of the molecule is Nc1ccc(C[C@@H]2C(=O)N(c3cc(Cl)cc(Cl)c3)c3ncc(S(N)(=O)=O)n32)cc1. The van der Waals surface area contributed by atoms with Crippen molar-refractivity contribution in [3.8, 4) is 0 Å². The van der Waals surface area contributed by atoms with Crippen molar-refractivity contribution in [1.82, 2.24) is 9.55 Å². The zero-order valence-electron chi connectivity index (χ0n) is 14.8. The van der Waals surface area contributed by atoms with E-state index in [1.54, 1.807) is 36.4 Å². The second-order valence-corrected chi connectivity index (χ2v) is 8.96. The monoisotopic (exact) mass is 451 g/mol. The van der Waals surface area contributed by atoms with Crippen molar-refractivity contribution in [2.24, 2.45) is 5.14 Å². The summed E-state index contributed by atoms with van der Waals surface area (Å²) in [6.45, 7) is 0. The minimum Gasteiger partial charge on any atom is -0.399 e. The van der Waals surface area contributed by atoms with Gasteiger partial charge >= 0.3 is 0 Å². The number of nitrogens with two attached hydrogens (primary N) is 2. The maximum absolute atomic E-state index is 13.3. The van der Waals surface area contributed by atoms with Gasteiger partial charge in [-0.1, -0.05) is 35.3 Å². The third-order valence-electron chi connectivity index (χ3n) is 4.57. The molecular formula is C18H15Cl2N5O3S. The topological polar surface area (TPSA) is 124 Å². The first-order valence-electron chi connectivity index (χ1n) is 8.39. The van der Waals surface area contributed by atoms with Crippen LogP contribution >= 0.6 is 23.2 Å².